The molecule has 1 aliphatic rings. The number of ether oxygens (including phenoxy) is 2. The molecule has 1 aromatic carbocycles. The van der Waals surface area contributed by atoms with Gasteiger partial charge in [0.05, 0.1) is 13.2 Å². The fourth-order valence-electron chi connectivity index (χ4n) is 2.25. The number of aryl methyl sites for hydroxylation is 1. The van der Waals surface area contributed by atoms with E-state index in [1.165, 1.54) is 0 Å². The number of amides is 1. The van der Waals surface area contributed by atoms with Crippen molar-refractivity contribution < 1.29 is 14.3 Å². The quantitative estimate of drug-likeness (QED) is 0.802. The van der Waals surface area contributed by atoms with E-state index in [2.05, 4.69) is 5.32 Å². The van der Waals surface area contributed by atoms with Crippen molar-refractivity contribution in [3.05, 3.63) is 29.3 Å². The van der Waals surface area contributed by atoms with Gasteiger partial charge in [-0.05, 0) is 31.5 Å². The molecular weight excluding hydrogens is 304 g/mol. The summed E-state index contributed by atoms with van der Waals surface area (Å²) in [5, 5.41) is 2.91. The summed E-state index contributed by atoms with van der Waals surface area (Å²) in [6.45, 7) is 4.43. The highest BCUT2D eigenvalue weighted by Gasteiger charge is 2.18. The van der Waals surface area contributed by atoms with Crippen molar-refractivity contribution >= 4 is 18.3 Å². The van der Waals surface area contributed by atoms with E-state index in [4.69, 9.17) is 15.2 Å². The number of carbonyl (C=O) groups excluding carboxylic acids is 1. The lowest BCUT2D eigenvalue weighted by Crippen LogP contribution is -2.24. The normalized spacial score (nSPS) is 16.9. The summed E-state index contributed by atoms with van der Waals surface area (Å²) in [6.07, 6.45) is 2.20. The van der Waals surface area contributed by atoms with Gasteiger partial charge in [0.25, 0.3) is 0 Å². The minimum Gasteiger partial charge on any atom is -0.488 e. The molecule has 2 rings (SSSR count). The van der Waals surface area contributed by atoms with Crippen LogP contribution in [0.1, 0.15) is 30.4 Å². The fourth-order valence-corrected chi connectivity index (χ4v) is 2.25. The van der Waals surface area contributed by atoms with Crippen LogP contribution in [-0.2, 0) is 16.1 Å². The van der Waals surface area contributed by atoms with Crippen LogP contribution in [0.2, 0.25) is 0 Å². The van der Waals surface area contributed by atoms with E-state index in [-0.39, 0.29) is 24.4 Å². The third-order valence-corrected chi connectivity index (χ3v) is 3.49. The van der Waals surface area contributed by atoms with Crippen molar-refractivity contribution in [1.29, 1.82) is 0 Å². The summed E-state index contributed by atoms with van der Waals surface area (Å²) in [6, 6.07) is 6.04. The zero-order valence-electron chi connectivity index (χ0n) is 13.0. The molecule has 1 unspecified atom stereocenters. The van der Waals surface area contributed by atoms with Crippen molar-refractivity contribution in [1.82, 2.24) is 5.32 Å². The predicted octanol–water partition coefficient (Wildman–Crippen LogP) is 1.94. The second kappa shape index (κ2) is 9.66. The Balaban J connectivity index is 0.00000242. The van der Waals surface area contributed by atoms with Crippen LogP contribution in [0.4, 0.5) is 0 Å². The molecule has 22 heavy (non-hydrogen) atoms. The van der Waals surface area contributed by atoms with Gasteiger partial charge in [-0.15, -0.1) is 12.4 Å². The Hall–Kier alpha value is -1.30. The Morgan fingerprint density at radius 2 is 2.32 bits per heavy atom. The number of hydrogen-bond acceptors (Lipinski definition) is 4. The lowest BCUT2D eigenvalue weighted by molar-refractivity contribution is -0.121. The molecule has 0 bridgehead atoms. The first-order valence-electron chi connectivity index (χ1n) is 7.49. The predicted molar refractivity (Wildman–Crippen MR) is 88.4 cm³/mol. The summed E-state index contributed by atoms with van der Waals surface area (Å²) >= 11 is 0. The van der Waals surface area contributed by atoms with Crippen LogP contribution < -0.4 is 15.8 Å². The molecule has 0 spiro atoms. The maximum atomic E-state index is 11.7. The molecule has 124 valence electrons. The highest BCUT2D eigenvalue weighted by molar-refractivity contribution is 5.85. The molecule has 0 aliphatic carbocycles. The van der Waals surface area contributed by atoms with Crippen LogP contribution >= 0.6 is 12.4 Å². The molecule has 5 nitrogen and oxygen atoms in total. The number of halogens is 1. The van der Waals surface area contributed by atoms with E-state index >= 15 is 0 Å². The monoisotopic (exact) mass is 328 g/mol. The van der Waals surface area contributed by atoms with Gasteiger partial charge in [-0.25, -0.2) is 0 Å². The van der Waals surface area contributed by atoms with E-state index in [0.29, 0.717) is 32.5 Å². The highest BCUT2D eigenvalue weighted by atomic mass is 35.5. The molecule has 0 saturated carbocycles. The topological polar surface area (TPSA) is 73.6 Å². The van der Waals surface area contributed by atoms with Gasteiger partial charge in [-0.1, -0.05) is 12.1 Å². The Bertz CT molecular complexity index is 476. The molecule has 1 aliphatic heterocycles. The maximum absolute atomic E-state index is 11.7. The molecule has 1 saturated heterocycles. The minimum atomic E-state index is 0. The van der Waals surface area contributed by atoms with E-state index in [1.54, 1.807) is 0 Å². The van der Waals surface area contributed by atoms with Crippen molar-refractivity contribution in [2.24, 2.45) is 5.73 Å². The van der Waals surface area contributed by atoms with E-state index in [1.807, 2.05) is 25.1 Å². The summed E-state index contributed by atoms with van der Waals surface area (Å²) < 4.78 is 11.3. The second-order valence-corrected chi connectivity index (χ2v) is 5.38. The number of rotatable bonds is 7. The molecule has 1 heterocycles. The Morgan fingerprint density at radius 1 is 1.50 bits per heavy atom. The van der Waals surface area contributed by atoms with Crippen LogP contribution in [0.3, 0.4) is 0 Å². The molecule has 0 radical (unpaired) electrons. The molecule has 1 fully saturated rings. The standard InChI is InChI=1S/C16H24N2O3.ClH/c1-12-4-5-13(10-18-16(19)3-2-7-17)15(9-12)21-14-6-8-20-11-14;/h4-5,9,14H,2-3,6-8,10-11,17H2,1H3,(H,18,19);1H. The third kappa shape index (κ3) is 5.83. The molecule has 1 aromatic rings. The fraction of sp³-hybridized carbons (Fsp3) is 0.562. The summed E-state index contributed by atoms with van der Waals surface area (Å²) in [7, 11) is 0. The van der Waals surface area contributed by atoms with Crippen molar-refractivity contribution in [2.75, 3.05) is 19.8 Å². The van der Waals surface area contributed by atoms with Crippen molar-refractivity contribution in [2.45, 2.75) is 38.8 Å². The molecule has 0 aromatic heterocycles. The van der Waals surface area contributed by atoms with Crippen molar-refractivity contribution in [3.8, 4) is 5.75 Å². The summed E-state index contributed by atoms with van der Waals surface area (Å²) in [5.41, 5.74) is 7.54. The van der Waals surface area contributed by atoms with E-state index in [0.717, 1.165) is 29.9 Å². The van der Waals surface area contributed by atoms with Gasteiger partial charge >= 0.3 is 0 Å². The first kappa shape index (κ1) is 18.7. The first-order chi connectivity index (χ1) is 10.2. The smallest absolute Gasteiger partial charge is 0.220 e. The van der Waals surface area contributed by atoms with Gasteiger partial charge in [0.1, 0.15) is 11.9 Å². The minimum absolute atomic E-state index is 0. The number of carbonyl (C=O) groups is 1. The Labute approximate surface area is 138 Å². The average Bonchev–Trinajstić information content (AvgIpc) is 2.97. The zero-order valence-corrected chi connectivity index (χ0v) is 13.8. The molecular formula is C16H25ClN2O3. The molecule has 6 heteroatoms. The summed E-state index contributed by atoms with van der Waals surface area (Å²) in [4.78, 5) is 11.7. The van der Waals surface area contributed by atoms with Crippen LogP contribution in [0.5, 0.6) is 5.75 Å². The van der Waals surface area contributed by atoms with Crippen molar-refractivity contribution in [3.63, 3.8) is 0 Å². The van der Waals surface area contributed by atoms with E-state index < -0.39 is 0 Å². The van der Waals surface area contributed by atoms with Crippen LogP contribution in [0.25, 0.3) is 0 Å². The number of hydrogen-bond donors (Lipinski definition) is 2. The van der Waals surface area contributed by atoms with E-state index in [9.17, 15) is 4.79 Å². The lowest BCUT2D eigenvalue weighted by Gasteiger charge is -2.16. The zero-order chi connectivity index (χ0) is 15.1. The SMILES string of the molecule is Cc1ccc(CNC(=O)CCCN)c(OC2CCOC2)c1.Cl. The van der Waals surface area contributed by atoms with Gasteiger partial charge < -0.3 is 20.5 Å². The van der Waals surface area contributed by atoms with Crippen LogP contribution in [0.15, 0.2) is 18.2 Å². The first-order valence-corrected chi connectivity index (χ1v) is 7.49. The lowest BCUT2D eigenvalue weighted by atomic mass is 10.1. The third-order valence-electron chi connectivity index (χ3n) is 3.49. The summed E-state index contributed by atoms with van der Waals surface area (Å²) in [5.74, 6) is 0.862. The number of benzene rings is 1. The van der Waals surface area contributed by atoms with Gasteiger partial charge in [0, 0.05) is 24.9 Å². The largest absolute Gasteiger partial charge is 0.488 e. The van der Waals surface area contributed by atoms with Gasteiger partial charge in [0.2, 0.25) is 5.91 Å². The average molecular weight is 329 g/mol. The highest BCUT2D eigenvalue weighted by Crippen LogP contribution is 2.23. The molecule has 1 atom stereocenters. The van der Waals surface area contributed by atoms with Crippen LogP contribution in [0, 0.1) is 6.92 Å². The van der Waals surface area contributed by atoms with Crippen LogP contribution in [-0.4, -0.2) is 31.8 Å². The number of nitrogens with one attached hydrogen (secondary N) is 1. The van der Waals surface area contributed by atoms with Gasteiger partial charge in [-0.3, -0.25) is 4.79 Å². The number of nitrogens with two attached hydrogens (primary N) is 1. The Morgan fingerprint density at radius 3 is 3.00 bits per heavy atom. The second-order valence-electron chi connectivity index (χ2n) is 5.38. The Kier molecular flexibility index (Phi) is 8.24. The van der Waals surface area contributed by atoms with Gasteiger partial charge in [0.15, 0.2) is 0 Å². The maximum Gasteiger partial charge on any atom is 0.220 e. The molecule has 3 N–H and O–H groups in total. The van der Waals surface area contributed by atoms with Gasteiger partial charge in [-0.2, -0.15) is 0 Å². The molecule has 1 amide bonds.